The van der Waals surface area contributed by atoms with Crippen LogP contribution in [-0.2, 0) is 6.42 Å². The summed E-state index contributed by atoms with van der Waals surface area (Å²) < 4.78 is 0. The molecule has 0 heterocycles. The molecule has 0 saturated heterocycles. The zero-order chi connectivity index (χ0) is 13.9. The van der Waals surface area contributed by atoms with Crippen LogP contribution >= 0.6 is 0 Å². The van der Waals surface area contributed by atoms with E-state index in [9.17, 15) is 0 Å². The minimum absolute atomic E-state index is 0.544. The third kappa shape index (κ3) is 5.78. The van der Waals surface area contributed by atoms with Crippen molar-refractivity contribution in [3.05, 3.63) is 35.4 Å². The monoisotopic (exact) mass is 261 g/mol. The standard InChI is InChI=1S/C18H31N/c1-4-7-8-9-10-15-18(19-6-3)17-14-12-11-13-16(17)5-2/h11-14,18-19H,4-10,15H2,1-3H3. The smallest absolute Gasteiger partial charge is 0.0322 e. The fraction of sp³-hybridized carbons (Fsp3) is 0.667. The molecule has 0 aliphatic heterocycles. The molecule has 1 N–H and O–H groups in total. The second kappa shape index (κ2) is 10.0. The Morgan fingerprint density at radius 3 is 2.37 bits per heavy atom. The highest BCUT2D eigenvalue weighted by atomic mass is 14.9. The Labute approximate surface area is 119 Å². The molecule has 0 aliphatic rings. The van der Waals surface area contributed by atoms with Gasteiger partial charge in [-0.2, -0.15) is 0 Å². The van der Waals surface area contributed by atoms with E-state index >= 15 is 0 Å². The lowest BCUT2D eigenvalue weighted by Gasteiger charge is -2.21. The van der Waals surface area contributed by atoms with Crippen LogP contribution < -0.4 is 5.32 Å². The van der Waals surface area contributed by atoms with Gasteiger partial charge in [-0.05, 0) is 30.5 Å². The number of unbranched alkanes of at least 4 members (excludes halogenated alkanes) is 4. The Bertz CT molecular complexity index is 332. The van der Waals surface area contributed by atoms with Gasteiger partial charge in [0.1, 0.15) is 0 Å². The second-order valence-corrected chi connectivity index (χ2v) is 5.37. The van der Waals surface area contributed by atoms with Crippen LogP contribution in [0.25, 0.3) is 0 Å². The van der Waals surface area contributed by atoms with Crippen LogP contribution in [0.15, 0.2) is 24.3 Å². The van der Waals surface area contributed by atoms with Crippen LogP contribution in [0.1, 0.15) is 76.5 Å². The summed E-state index contributed by atoms with van der Waals surface area (Å²) in [6.45, 7) is 7.79. The van der Waals surface area contributed by atoms with Crippen molar-refractivity contribution in [2.24, 2.45) is 0 Å². The molecule has 0 radical (unpaired) electrons. The summed E-state index contributed by atoms with van der Waals surface area (Å²) in [5.41, 5.74) is 3.02. The van der Waals surface area contributed by atoms with Crippen molar-refractivity contribution in [2.45, 2.75) is 71.8 Å². The van der Waals surface area contributed by atoms with Gasteiger partial charge in [0, 0.05) is 6.04 Å². The van der Waals surface area contributed by atoms with Crippen molar-refractivity contribution in [3.8, 4) is 0 Å². The molecule has 1 heteroatoms. The molecule has 0 aromatic heterocycles. The molecule has 0 amide bonds. The number of nitrogens with one attached hydrogen (secondary N) is 1. The van der Waals surface area contributed by atoms with Crippen LogP contribution in [0.2, 0.25) is 0 Å². The summed E-state index contributed by atoms with van der Waals surface area (Å²) >= 11 is 0. The van der Waals surface area contributed by atoms with Gasteiger partial charge < -0.3 is 5.32 Å². The number of hydrogen-bond donors (Lipinski definition) is 1. The molecule has 0 saturated carbocycles. The van der Waals surface area contributed by atoms with E-state index in [0.29, 0.717) is 6.04 Å². The molecule has 0 fully saturated rings. The van der Waals surface area contributed by atoms with Gasteiger partial charge in [0.25, 0.3) is 0 Å². The third-order valence-electron chi connectivity index (χ3n) is 3.86. The van der Waals surface area contributed by atoms with Gasteiger partial charge in [0.15, 0.2) is 0 Å². The molecule has 1 rings (SSSR count). The van der Waals surface area contributed by atoms with Crippen molar-refractivity contribution < 1.29 is 0 Å². The Balaban J connectivity index is 2.55. The summed E-state index contributed by atoms with van der Waals surface area (Å²) in [6.07, 6.45) is 9.24. The molecule has 0 bridgehead atoms. The van der Waals surface area contributed by atoms with E-state index in [-0.39, 0.29) is 0 Å². The minimum atomic E-state index is 0.544. The minimum Gasteiger partial charge on any atom is -0.310 e. The van der Waals surface area contributed by atoms with Crippen LogP contribution in [0.4, 0.5) is 0 Å². The maximum absolute atomic E-state index is 3.66. The number of hydrogen-bond acceptors (Lipinski definition) is 1. The average molecular weight is 261 g/mol. The first kappa shape index (κ1) is 16.2. The van der Waals surface area contributed by atoms with Gasteiger partial charge in [-0.1, -0.05) is 77.1 Å². The maximum Gasteiger partial charge on any atom is 0.0322 e. The van der Waals surface area contributed by atoms with Gasteiger partial charge in [-0.3, -0.25) is 0 Å². The predicted molar refractivity (Wildman–Crippen MR) is 85.6 cm³/mol. The molecule has 1 aromatic carbocycles. The highest BCUT2D eigenvalue weighted by molar-refractivity contribution is 5.30. The number of benzene rings is 1. The fourth-order valence-corrected chi connectivity index (χ4v) is 2.76. The van der Waals surface area contributed by atoms with E-state index in [1.165, 1.54) is 49.7 Å². The molecule has 0 aliphatic carbocycles. The zero-order valence-electron chi connectivity index (χ0n) is 13.0. The van der Waals surface area contributed by atoms with Crippen molar-refractivity contribution in [2.75, 3.05) is 6.54 Å². The molecular weight excluding hydrogens is 230 g/mol. The summed E-state index contributed by atoms with van der Waals surface area (Å²) in [5.74, 6) is 0. The Morgan fingerprint density at radius 2 is 1.68 bits per heavy atom. The summed E-state index contributed by atoms with van der Waals surface area (Å²) in [6, 6.07) is 9.46. The van der Waals surface area contributed by atoms with E-state index in [0.717, 1.165) is 13.0 Å². The van der Waals surface area contributed by atoms with E-state index in [1.807, 2.05) is 0 Å². The highest BCUT2D eigenvalue weighted by Gasteiger charge is 2.12. The quantitative estimate of drug-likeness (QED) is 0.566. The second-order valence-electron chi connectivity index (χ2n) is 5.37. The summed E-state index contributed by atoms with van der Waals surface area (Å²) in [5, 5.41) is 3.66. The molecule has 1 unspecified atom stereocenters. The Hall–Kier alpha value is -0.820. The molecule has 1 nitrogen and oxygen atoms in total. The maximum atomic E-state index is 3.66. The molecule has 19 heavy (non-hydrogen) atoms. The topological polar surface area (TPSA) is 12.0 Å². The number of rotatable bonds is 10. The van der Waals surface area contributed by atoms with Gasteiger partial charge in [0.05, 0.1) is 0 Å². The first-order chi connectivity index (χ1) is 9.33. The van der Waals surface area contributed by atoms with Crippen molar-refractivity contribution in [1.29, 1.82) is 0 Å². The van der Waals surface area contributed by atoms with Crippen LogP contribution in [0, 0.1) is 0 Å². The average Bonchev–Trinajstić information content (AvgIpc) is 2.46. The van der Waals surface area contributed by atoms with Crippen LogP contribution in [0.3, 0.4) is 0 Å². The normalized spacial score (nSPS) is 12.6. The van der Waals surface area contributed by atoms with Gasteiger partial charge >= 0.3 is 0 Å². The molecular formula is C18H31N. The first-order valence-corrected chi connectivity index (χ1v) is 8.14. The predicted octanol–water partition coefficient (Wildman–Crippen LogP) is 5.26. The van der Waals surface area contributed by atoms with E-state index in [1.54, 1.807) is 0 Å². The Morgan fingerprint density at radius 1 is 0.947 bits per heavy atom. The lowest BCUT2D eigenvalue weighted by atomic mass is 9.94. The lowest BCUT2D eigenvalue weighted by Crippen LogP contribution is -2.22. The molecule has 0 spiro atoms. The number of aryl methyl sites for hydroxylation is 1. The molecule has 1 aromatic rings. The van der Waals surface area contributed by atoms with Crippen molar-refractivity contribution in [3.63, 3.8) is 0 Å². The van der Waals surface area contributed by atoms with E-state index in [4.69, 9.17) is 0 Å². The van der Waals surface area contributed by atoms with Crippen LogP contribution in [-0.4, -0.2) is 6.54 Å². The Kier molecular flexibility index (Phi) is 8.57. The highest BCUT2D eigenvalue weighted by Crippen LogP contribution is 2.24. The largest absolute Gasteiger partial charge is 0.310 e. The van der Waals surface area contributed by atoms with Crippen LogP contribution in [0.5, 0.6) is 0 Å². The zero-order valence-corrected chi connectivity index (χ0v) is 13.0. The fourth-order valence-electron chi connectivity index (χ4n) is 2.76. The van der Waals surface area contributed by atoms with Crippen molar-refractivity contribution in [1.82, 2.24) is 5.32 Å². The van der Waals surface area contributed by atoms with Gasteiger partial charge in [-0.25, -0.2) is 0 Å². The van der Waals surface area contributed by atoms with Gasteiger partial charge in [-0.15, -0.1) is 0 Å². The van der Waals surface area contributed by atoms with E-state index < -0.39 is 0 Å². The van der Waals surface area contributed by atoms with E-state index in [2.05, 4.69) is 50.4 Å². The summed E-state index contributed by atoms with van der Waals surface area (Å²) in [7, 11) is 0. The summed E-state index contributed by atoms with van der Waals surface area (Å²) in [4.78, 5) is 0. The SMILES string of the molecule is CCCCCCCC(NCC)c1ccccc1CC. The molecule has 1 atom stereocenters. The van der Waals surface area contributed by atoms with Gasteiger partial charge in [0.2, 0.25) is 0 Å². The van der Waals surface area contributed by atoms with Crippen molar-refractivity contribution >= 4 is 0 Å². The lowest BCUT2D eigenvalue weighted by molar-refractivity contribution is 0.476. The third-order valence-corrected chi connectivity index (χ3v) is 3.86. The molecule has 108 valence electrons. The first-order valence-electron chi connectivity index (χ1n) is 8.14.